The average Bonchev–Trinajstić information content (AvgIpc) is 2.46. The summed E-state index contributed by atoms with van der Waals surface area (Å²) in [5.74, 6) is -3.00. The highest BCUT2D eigenvalue weighted by atomic mass is 19.1. The number of carbonyl (C=O) groups is 1. The lowest BCUT2D eigenvalue weighted by Gasteiger charge is -2.08. The van der Waals surface area contributed by atoms with E-state index in [2.05, 4.69) is 5.32 Å². The number of nitrogens with zero attached hydrogens (tertiary/aromatic N) is 1. The molecule has 0 saturated heterocycles. The number of nitrogens with one attached hydrogen (secondary N) is 1. The minimum absolute atomic E-state index is 0.243. The van der Waals surface area contributed by atoms with Crippen LogP contribution in [0.4, 0.5) is 20.2 Å². The Hall–Kier alpha value is -2.94. The fraction of sp³-hybridized carbons (Fsp3) is 0.0667. The van der Waals surface area contributed by atoms with Gasteiger partial charge in [0.15, 0.2) is 5.82 Å². The fourth-order valence-electron chi connectivity index (χ4n) is 1.77. The van der Waals surface area contributed by atoms with Crippen LogP contribution in [0.25, 0.3) is 0 Å². The number of hydrogen-bond donors (Lipinski definition) is 2. The molecule has 2 aromatic carbocycles. The van der Waals surface area contributed by atoms with E-state index in [9.17, 15) is 13.6 Å². The van der Waals surface area contributed by atoms with E-state index in [-0.39, 0.29) is 12.1 Å². The van der Waals surface area contributed by atoms with Gasteiger partial charge >= 0.3 is 0 Å². The van der Waals surface area contributed by atoms with Gasteiger partial charge < -0.3 is 11.1 Å². The van der Waals surface area contributed by atoms with Gasteiger partial charge in [0.25, 0.3) is 5.91 Å². The molecule has 0 saturated carbocycles. The zero-order chi connectivity index (χ0) is 15.4. The van der Waals surface area contributed by atoms with Crippen LogP contribution in [0.15, 0.2) is 36.4 Å². The lowest BCUT2D eigenvalue weighted by molar-refractivity contribution is 0.101. The smallest absolute Gasteiger partial charge is 0.261 e. The Kier molecular flexibility index (Phi) is 4.14. The van der Waals surface area contributed by atoms with E-state index < -0.39 is 23.1 Å². The van der Waals surface area contributed by atoms with Gasteiger partial charge in [-0.1, -0.05) is 12.1 Å². The molecule has 2 rings (SSSR count). The van der Waals surface area contributed by atoms with Crippen LogP contribution in [0, 0.1) is 23.0 Å². The molecule has 0 radical (unpaired) electrons. The van der Waals surface area contributed by atoms with Crippen LogP contribution >= 0.6 is 0 Å². The molecule has 0 unspecified atom stereocenters. The molecule has 0 spiro atoms. The van der Waals surface area contributed by atoms with Crippen molar-refractivity contribution in [1.29, 1.82) is 5.26 Å². The Morgan fingerprint density at radius 1 is 1.19 bits per heavy atom. The third-order valence-electron chi connectivity index (χ3n) is 2.84. The van der Waals surface area contributed by atoms with Gasteiger partial charge in [0, 0.05) is 5.69 Å². The second-order valence-electron chi connectivity index (χ2n) is 4.31. The van der Waals surface area contributed by atoms with Crippen LogP contribution in [0.3, 0.4) is 0 Å². The maximum Gasteiger partial charge on any atom is 0.261 e. The van der Waals surface area contributed by atoms with Crippen molar-refractivity contribution in [3.05, 3.63) is 59.2 Å². The summed E-state index contributed by atoms with van der Waals surface area (Å²) >= 11 is 0. The number of benzene rings is 2. The lowest BCUT2D eigenvalue weighted by Crippen LogP contribution is -2.16. The number of carbonyl (C=O) groups excluding carboxylic acids is 1. The van der Waals surface area contributed by atoms with Gasteiger partial charge in [-0.05, 0) is 29.8 Å². The van der Waals surface area contributed by atoms with E-state index in [1.54, 1.807) is 24.3 Å². The summed E-state index contributed by atoms with van der Waals surface area (Å²) in [6.07, 6.45) is 0.243. The standard InChI is InChI=1S/C15H11F2N3O/c16-11-5-6-12(19)14(17)13(11)15(21)20-10-3-1-9(2-4-10)7-8-18/h1-6H,7,19H2,(H,20,21). The molecular weight excluding hydrogens is 276 g/mol. The van der Waals surface area contributed by atoms with E-state index in [0.717, 1.165) is 17.7 Å². The maximum absolute atomic E-state index is 13.7. The molecule has 4 nitrogen and oxygen atoms in total. The number of hydrogen-bond acceptors (Lipinski definition) is 3. The summed E-state index contributed by atoms with van der Waals surface area (Å²) in [5, 5.41) is 10.9. The molecule has 0 bridgehead atoms. The van der Waals surface area contributed by atoms with Gasteiger partial charge in [0.1, 0.15) is 11.4 Å². The summed E-state index contributed by atoms with van der Waals surface area (Å²) in [6, 6.07) is 10.4. The van der Waals surface area contributed by atoms with Crippen molar-refractivity contribution >= 4 is 17.3 Å². The molecule has 1 amide bonds. The monoisotopic (exact) mass is 287 g/mol. The Morgan fingerprint density at radius 2 is 1.86 bits per heavy atom. The van der Waals surface area contributed by atoms with E-state index >= 15 is 0 Å². The molecule has 2 aromatic rings. The fourth-order valence-corrected chi connectivity index (χ4v) is 1.77. The SMILES string of the molecule is N#CCc1ccc(NC(=O)c2c(F)ccc(N)c2F)cc1. The van der Waals surface area contributed by atoms with Crippen molar-refractivity contribution in [1.82, 2.24) is 0 Å². The van der Waals surface area contributed by atoms with Crippen LogP contribution in [-0.4, -0.2) is 5.91 Å². The number of nitrogens with two attached hydrogens (primary N) is 1. The number of halogens is 2. The highest BCUT2D eigenvalue weighted by Gasteiger charge is 2.19. The van der Waals surface area contributed by atoms with Crippen LogP contribution in [-0.2, 0) is 6.42 Å². The van der Waals surface area contributed by atoms with E-state index in [0.29, 0.717) is 5.69 Å². The van der Waals surface area contributed by atoms with E-state index in [4.69, 9.17) is 11.0 Å². The first kappa shape index (κ1) is 14.5. The molecule has 0 aromatic heterocycles. The maximum atomic E-state index is 13.7. The van der Waals surface area contributed by atoms with E-state index in [1.165, 1.54) is 0 Å². The van der Waals surface area contributed by atoms with Crippen LogP contribution in [0.5, 0.6) is 0 Å². The van der Waals surface area contributed by atoms with Crippen molar-refractivity contribution in [2.75, 3.05) is 11.1 Å². The second kappa shape index (κ2) is 6.01. The summed E-state index contributed by atoms with van der Waals surface area (Å²) in [7, 11) is 0. The Morgan fingerprint density at radius 3 is 2.48 bits per heavy atom. The van der Waals surface area contributed by atoms with Crippen LogP contribution in [0.2, 0.25) is 0 Å². The average molecular weight is 287 g/mol. The van der Waals surface area contributed by atoms with Crippen molar-refractivity contribution in [2.45, 2.75) is 6.42 Å². The Balaban J connectivity index is 2.22. The second-order valence-corrected chi connectivity index (χ2v) is 4.31. The Bertz CT molecular complexity index is 721. The lowest BCUT2D eigenvalue weighted by atomic mass is 10.1. The number of anilines is 2. The third kappa shape index (κ3) is 3.15. The van der Waals surface area contributed by atoms with Crippen molar-refractivity contribution in [3.63, 3.8) is 0 Å². The quantitative estimate of drug-likeness (QED) is 0.852. The normalized spacial score (nSPS) is 9.95. The first-order chi connectivity index (χ1) is 10.0. The molecule has 0 fully saturated rings. The van der Waals surface area contributed by atoms with Crippen LogP contribution < -0.4 is 11.1 Å². The zero-order valence-electron chi connectivity index (χ0n) is 10.9. The summed E-state index contributed by atoms with van der Waals surface area (Å²) in [6.45, 7) is 0. The summed E-state index contributed by atoms with van der Waals surface area (Å²) < 4.78 is 27.3. The highest BCUT2D eigenvalue weighted by Crippen LogP contribution is 2.20. The molecule has 6 heteroatoms. The highest BCUT2D eigenvalue weighted by molar-refractivity contribution is 6.05. The Labute approximate surface area is 119 Å². The van der Waals surface area contributed by atoms with Crippen molar-refractivity contribution in [2.24, 2.45) is 0 Å². The minimum atomic E-state index is -1.09. The molecule has 0 aliphatic heterocycles. The van der Waals surface area contributed by atoms with Gasteiger partial charge in [0.05, 0.1) is 18.2 Å². The minimum Gasteiger partial charge on any atom is -0.396 e. The van der Waals surface area contributed by atoms with Crippen molar-refractivity contribution in [3.8, 4) is 6.07 Å². The van der Waals surface area contributed by atoms with Gasteiger partial charge in [0.2, 0.25) is 0 Å². The molecule has 0 heterocycles. The van der Waals surface area contributed by atoms with Crippen LogP contribution in [0.1, 0.15) is 15.9 Å². The molecule has 106 valence electrons. The zero-order valence-corrected chi connectivity index (χ0v) is 10.9. The van der Waals surface area contributed by atoms with E-state index in [1.807, 2.05) is 6.07 Å². The molecule has 21 heavy (non-hydrogen) atoms. The molecule has 3 N–H and O–H groups in total. The number of nitriles is 1. The van der Waals surface area contributed by atoms with Gasteiger partial charge in [-0.15, -0.1) is 0 Å². The van der Waals surface area contributed by atoms with Gasteiger partial charge in [-0.3, -0.25) is 4.79 Å². The van der Waals surface area contributed by atoms with Gasteiger partial charge in [-0.25, -0.2) is 8.78 Å². The summed E-state index contributed by atoms with van der Waals surface area (Å²) in [5.41, 5.74) is 5.43. The third-order valence-corrected chi connectivity index (χ3v) is 2.84. The summed E-state index contributed by atoms with van der Waals surface area (Å²) in [4.78, 5) is 11.9. The topological polar surface area (TPSA) is 78.9 Å². The molecular formula is C15H11F2N3O. The number of rotatable bonds is 3. The van der Waals surface area contributed by atoms with Gasteiger partial charge in [-0.2, -0.15) is 5.26 Å². The first-order valence-electron chi connectivity index (χ1n) is 6.03. The predicted molar refractivity (Wildman–Crippen MR) is 74.5 cm³/mol. The molecule has 0 aliphatic carbocycles. The molecule has 0 aliphatic rings. The number of amides is 1. The first-order valence-corrected chi connectivity index (χ1v) is 6.03. The number of nitrogen functional groups attached to an aromatic ring is 1. The molecule has 0 atom stereocenters. The largest absolute Gasteiger partial charge is 0.396 e. The predicted octanol–water partition coefficient (Wildman–Crippen LogP) is 2.87. The van der Waals surface area contributed by atoms with Crippen molar-refractivity contribution < 1.29 is 13.6 Å².